The van der Waals surface area contributed by atoms with Crippen LogP contribution in [0.15, 0.2) is 84.0 Å². The number of hydrogen-bond donors (Lipinski definition) is 3. The van der Waals surface area contributed by atoms with Gasteiger partial charge in [-0.3, -0.25) is 4.98 Å². The molecule has 0 fully saturated rings. The van der Waals surface area contributed by atoms with Crippen molar-refractivity contribution in [2.24, 2.45) is 4.99 Å². The van der Waals surface area contributed by atoms with E-state index in [-0.39, 0.29) is 5.88 Å². The van der Waals surface area contributed by atoms with Gasteiger partial charge in [0.1, 0.15) is 0 Å². The summed E-state index contributed by atoms with van der Waals surface area (Å²) >= 11 is 6.18. The Morgan fingerprint density at radius 1 is 1.06 bits per heavy atom. The molecule has 164 valence electrons. The van der Waals surface area contributed by atoms with Crippen LogP contribution in [0.1, 0.15) is 23.6 Å². The van der Waals surface area contributed by atoms with Crippen LogP contribution in [0.3, 0.4) is 0 Å². The summed E-state index contributed by atoms with van der Waals surface area (Å²) < 4.78 is 0. The van der Waals surface area contributed by atoms with E-state index in [4.69, 9.17) is 16.6 Å². The number of aliphatic imine (C=N–C) groups is 1. The Kier molecular flexibility index (Phi) is 5.82. The molecule has 0 spiro atoms. The van der Waals surface area contributed by atoms with Crippen LogP contribution < -0.4 is 5.32 Å². The first kappa shape index (κ1) is 21.2. The molecule has 0 aliphatic heterocycles. The number of hydrogen-bond acceptors (Lipinski definition) is 4. The van der Waals surface area contributed by atoms with Crippen molar-refractivity contribution in [2.75, 3.05) is 6.54 Å². The Bertz CT molecular complexity index is 1470. The van der Waals surface area contributed by atoms with Crippen LogP contribution in [0.2, 0.25) is 5.02 Å². The van der Waals surface area contributed by atoms with Crippen molar-refractivity contribution in [3.8, 4) is 5.88 Å². The summed E-state index contributed by atoms with van der Waals surface area (Å²) in [5.74, 6) is 0.0518. The number of H-pyrrole nitrogens is 1. The van der Waals surface area contributed by atoms with Crippen molar-refractivity contribution in [3.05, 3.63) is 101 Å². The summed E-state index contributed by atoms with van der Waals surface area (Å²) in [7, 11) is 0. The molecule has 0 radical (unpaired) electrons. The van der Waals surface area contributed by atoms with E-state index in [1.54, 1.807) is 12.3 Å². The highest BCUT2D eigenvalue weighted by Crippen LogP contribution is 2.33. The predicted octanol–water partition coefficient (Wildman–Crippen LogP) is 6.35. The topological polar surface area (TPSA) is 73.3 Å². The molecule has 3 aromatic carbocycles. The molecule has 0 bridgehead atoms. The van der Waals surface area contributed by atoms with E-state index in [2.05, 4.69) is 34.3 Å². The minimum absolute atomic E-state index is 0.0518. The number of aromatic hydroxyl groups is 1. The average molecular weight is 455 g/mol. The van der Waals surface area contributed by atoms with Crippen molar-refractivity contribution in [1.29, 1.82) is 0 Å². The maximum Gasteiger partial charge on any atom is 0.199 e. The third kappa shape index (κ3) is 4.33. The van der Waals surface area contributed by atoms with Gasteiger partial charge < -0.3 is 15.4 Å². The molecule has 0 saturated heterocycles. The Labute approximate surface area is 196 Å². The first-order chi connectivity index (χ1) is 16.1. The van der Waals surface area contributed by atoms with Gasteiger partial charge in [0.05, 0.1) is 28.0 Å². The van der Waals surface area contributed by atoms with Gasteiger partial charge in [-0.2, -0.15) is 0 Å². The highest BCUT2D eigenvalue weighted by molar-refractivity contribution is 6.31. The molecule has 0 amide bonds. The molecule has 33 heavy (non-hydrogen) atoms. The number of pyridine rings is 1. The summed E-state index contributed by atoms with van der Waals surface area (Å²) in [5.41, 5.74) is 5.77. The number of nitrogens with one attached hydrogen (secondary N) is 2. The standard InChI is InChI=1S/C27H23ClN4O/c1-2-29-16-17-5-10-21(11-6-17)31-26(19-8-7-18-4-3-13-30-23(18)14-19)25-22-12-9-20(28)15-24(22)32-27(25)33/h3-15,29,32-33H,2,16H2,1H3. The van der Waals surface area contributed by atoms with E-state index in [1.807, 2.05) is 54.6 Å². The number of halogens is 1. The van der Waals surface area contributed by atoms with Crippen LogP contribution in [0, 0.1) is 0 Å². The monoisotopic (exact) mass is 454 g/mol. The van der Waals surface area contributed by atoms with Crippen molar-refractivity contribution >= 4 is 44.8 Å². The molecule has 5 rings (SSSR count). The number of aromatic nitrogens is 2. The lowest BCUT2D eigenvalue weighted by Gasteiger charge is -2.10. The summed E-state index contributed by atoms with van der Waals surface area (Å²) in [6, 6.07) is 23.6. The molecule has 5 aromatic rings. The fourth-order valence-electron chi connectivity index (χ4n) is 3.96. The van der Waals surface area contributed by atoms with Crippen LogP contribution in [0.4, 0.5) is 5.69 Å². The van der Waals surface area contributed by atoms with Crippen molar-refractivity contribution < 1.29 is 5.11 Å². The SMILES string of the molecule is CCNCc1ccc(N=C(c2ccc3cccnc3c2)c2c(O)[nH]c3cc(Cl)ccc23)cc1. The van der Waals surface area contributed by atoms with Gasteiger partial charge in [-0.25, -0.2) is 4.99 Å². The number of rotatable bonds is 6. The second-order valence-corrected chi connectivity index (χ2v) is 8.29. The zero-order valence-electron chi connectivity index (χ0n) is 18.1. The van der Waals surface area contributed by atoms with Crippen LogP contribution in [0.25, 0.3) is 21.8 Å². The van der Waals surface area contributed by atoms with Gasteiger partial charge in [0.25, 0.3) is 0 Å². The molecule has 0 atom stereocenters. The first-order valence-corrected chi connectivity index (χ1v) is 11.2. The minimum atomic E-state index is 0.0518. The largest absolute Gasteiger partial charge is 0.494 e. The van der Waals surface area contributed by atoms with Gasteiger partial charge in [0, 0.05) is 34.1 Å². The van der Waals surface area contributed by atoms with Gasteiger partial charge in [-0.15, -0.1) is 0 Å². The lowest BCUT2D eigenvalue weighted by Crippen LogP contribution is -2.11. The molecule has 0 unspecified atom stereocenters. The molecule has 6 heteroatoms. The number of nitrogens with zero attached hydrogens (tertiary/aromatic N) is 2. The fraction of sp³-hybridized carbons (Fsp3) is 0.111. The van der Waals surface area contributed by atoms with E-state index in [9.17, 15) is 5.11 Å². The highest BCUT2D eigenvalue weighted by Gasteiger charge is 2.19. The molecule has 2 heterocycles. The normalized spacial score (nSPS) is 12.0. The third-order valence-corrected chi connectivity index (χ3v) is 5.85. The van der Waals surface area contributed by atoms with Crippen LogP contribution >= 0.6 is 11.6 Å². The average Bonchev–Trinajstić information content (AvgIpc) is 3.16. The number of fused-ring (bicyclic) bond motifs is 2. The number of benzene rings is 3. The second-order valence-electron chi connectivity index (χ2n) is 7.86. The molecule has 0 aliphatic rings. The summed E-state index contributed by atoms with van der Waals surface area (Å²) in [4.78, 5) is 12.5. The zero-order valence-corrected chi connectivity index (χ0v) is 18.9. The summed E-state index contributed by atoms with van der Waals surface area (Å²) in [6.45, 7) is 3.82. The highest BCUT2D eigenvalue weighted by atomic mass is 35.5. The quantitative estimate of drug-likeness (QED) is 0.261. The fourth-order valence-corrected chi connectivity index (χ4v) is 4.13. The van der Waals surface area contributed by atoms with Gasteiger partial charge in [-0.1, -0.05) is 54.9 Å². The van der Waals surface area contributed by atoms with E-state index in [1.165, 1.54) is 5.56 Å². The smallest absolute Gasteiger partial charge is 0.199 e. The molecule has 5 nitrogen and oxygen atoms in total. The molecule has 0 saturated carbocycles. The Balaban J connectivity index is 1.68. The predicted molar refractivity (Wildman–Crippen MR) is 136 cm³/mol. The van der Waals surface area contributed by atoms with Crippen LogP contribution in [-0.2, 0) is 6.54 Å². The Hall–Kier alpha value is -3.67. The zero-order chi connectivity index (χ0) is 22.8. The Morgan fingerprint density at radius 2 is 1.91 bits per heavy atom. The molecule has 2 aromatic heterocycles. The van der Waals surface area contributed by atoms with E-state index in [0.717, 1.165) is 46.1 Å². The molecular formula is C27H23ClN4O. The van der Waals surface area contributed by atoms with Gasteiger partial charge >= 0.3 is 0 Å². The van der Waals surface area contributed by atoms with Crippen molar-refractivity contribution in [3.63, 3.8) is 0 Å². The Morgan fingerprint density at radius 3 is 2.73 bits per heavy atom. The van der Waals surface area contributed by atoms with E-state index < -0.39 is 0 Å². The van der Waals surface area contributed by atoms with Crippen LogP contribution in [0.5, 0.6) is 5.88 Å². The lowest BCUT2D eigenvalue weighted by atomic mass is 9.99. The van der Waals surface area contributed by atoms with Gasteiger partial charge in [0.2, 0.25) is 0 Å². The molecular weight excluding hydrogens is 432 g/mol. The first-order valence-electron chi connectivity index (χ1n) is 10.9. The van der Waals surface area contributed by atoms with Crippen molar-refractivity contribution in [1.82, 2.24) is 15.3 Å². The molecule has 3 N–H and O–H groups in total. The maximum absolute atomic E-state index is 10.9. The van der Waals surface area contributed by atoms with E-state index in [0.29, 0.717) is 16.3 Å². The minimum Gasteiger partial charge on any atom is -0.494 e. The van der Waals surface area contributed by atoms with Gasteiger partial charge in [0.15, 0.2) is 5.88 Å². The maximum atomic E-state index is 10.9. The molecule has 0 aliphatic carbocycles. The lowest BCUT2D eigenvalue weighted by molar-refractivity contribution is 0.457. The summed E-state index contributed by atoms with van der Waals surface area (Å²) in [6.07, 6.45) is 1.77. The third-order valence-electron chi connectivity index (χ3n) is 5.61. The van der Waals surface area contributed by atoms with Gasteiger partial charge in [-0.05, 0) is 48.5 Å². The number of aromatic amines is 1. The second kappa shape index (κ2) is 9.06. The summed E-state index contributed by atoms with van der Waals surface area (Å²) in [5, 5.41) is 16.7. The van der Waals surface area contributed by atoms with Crippen LogP contribution in [-0.4, -0.2) is 27.3 Å². The van der Waals surface area contributed by atoms with E-state index >= 15 is 0 Å². The van der Waals surface area contributed by atoms with Crippen molar-refractivity contribution in [2.45, 2.75) is 13.5 Å².